The van der Waals surface area contributed by atoms with Crippen LogP contribution >= 0.6 is 0 Å². The summed E-state index contributed by atoms with van der Waals surface area (Å²) in [5, 5.41) is 8.57. The van der Waals surface area contributed by atoms with Crippen LogP contribution in [0.3, 0.4) is 0 Å². The number of fused-ring (bicyclic) bond motifs is 3. The molecule has 1 aliphatic carbocycles. The lowest BCUT2D eigenvalue weighted by Crippen LogP contribution is -2.15. The van der Waals surface area contributed by atoms with Crippen molar-refractivity contribution in [3.05, 3.63) is 48.5 Å². The van der Waals surface area contributed by atoms with E-state index in [1.807, 2.05) is 10.5 Å². The molecule has 2 atom stereocenters. The number of hydrogen-bond donors (Lipinski definition) is 1. The topological polar surface area (TPSA) is 102 Å². The number of sulfone groups is 1. The van der Waals surface area contributed by atoms with Gasteiger partial charge in [0.15, 0.2) is 21.1 Å². The molecular formula is C20H19F2N5O3S. The van der Waals surface area contributed by atoms with Gasteiger partial charge in [0, 0.05) is 12.1 Å². The molecule has 3 heterocycles. The summed E-state index contributed by atoms with van der Waals surface area (Å²) in [5.41, 5.74) is 2.26. The van der Waals surface area contributed by atoms with Crippen LogP contribution in [0.2, 0.25) is 0 Å². The first-order valence-corrected chi connectivity index (χ1v) is 11.5. The van der Waals surface area contributed by atoms with Gasteiger partial charge < -0.3 is 9.72 Å². The van der Waals surface area contributed by atoms with Crippen LogP contribution in [0.25, 0.3) is 16.8 Å². The van der Waals surface area contributed by atoms with E-state index in [9.17, 15) is 17.2 Å². The summed E-state index contributed by atoms with van der Waals surface area (Å²) in [6, 6.07) is 7.18. The van der Waals surface area contributed by atoms with Crippen molar-refractivity contribution in [2.45, 2.75) is 36.7 Å². The van der Waals surface area contributed by atoms with Gasteiger partial charge in [0.05, 0.1) is 22.4 Å². The monoisotopic (exact) mass is 447 g/mol. The van der Waals surface area contributed by atoms with E-state index in [2.05, 4.69) is 24.9 Å². The van der Waals surface area contributed by atoms with Gasteiger partial charge in [0.2, 0.25) is 0 Å². The van der Waals surface area contributed by atoms with Crippen LogP contribution in [0.1, 0.15) is 31.0 Å². The van der Waals surface area contributed by atoms with E-state index in [-0.39, 0.29) is 28.2 Å². The van der Waals surface area contributed by atoms with Crippen LogP contribution in [0.15, 0.2) is 47.6 Å². The van der Waals surface area contributed by atoms with E-state index in [4.69, 9.17) is 0 Å². The first-order valence-electron chi connectivity index (χ1n) is 9.85. The molecule has 5 rings (SSSR count). The van der Waals surface area contributed by atoms with Gasteiger partial charge in [-0.05, 0) is 49.4 Å². The molecule has 0 amide bonds. The quantitative estimate of drug-likeness (QED) is 0.485. The van der Waals surface area contributed by atoms with E-state index < -0.39 is 16.4 Å². The third-order valence-electron chi connectivity index (χ3n) is 5.72. The van der Waals surface area contributed by atoms with Gasteiger partial charge in [0.1, 0.15) is 11.6 Å². The summed E-state index contributed by atoms with van der Waals surface area (Å²) < 4.78 is 57.0. The van der Waals surface area contributed by atoms with Gasteiger partial charge in [-0.25, -0.2) is 13.4 Å². The fraction of sp³-hybridized carbons (Fsp3) is 0.350. The minimum absolute atomic E-state index is 0.0119. The Kier molecular flexibility index (Phi) is 4.84. The number of ether oxygens (including phenoxy) is 1. The maximum atomic E-state index is 12.9. The molecule has 31 heavy (non-hydrogen) atoms. The van der Waals surface area contributed by atoms with Crippen molar-refractivity contribution in [1.29, 1.82) is 0 Å². The minimum Gasteiger partial charge on any atom is -0.435 e. The van der Waals surface area contributed by atoms with Crippen molar-refractivity contribution in [2.75, 3.05) is 5.75 Å². The molecule has 0 radical (unpaired) electrons. The smallest absolute Gasteiger partial charge is 0.387 e. The molecule has 8 nitrogen and oxygen atoms in total. The lowest BCUT2D eigenvalue weighted by atomic mass is 10.1. The highest BCUT2D eigenvalue weighted by Crippen LogP contribution is 2.39. The molecule has 1 fully saturated rings. The summed E-state index contributed by atoms with van der Waals surface area (Å²) in [5.74, 6) is 0.586. The van der Waals surface area contributed by atoms with E-state index in [1.165, 1.54) is 18.2 Å². The average Bonchev–Trinajstić information content (AvgIpc) is 3.45. The maximum absolute atomic E-state index is 12.9. The second-order valence-corrected chi connectivity index (χ2v) is 9.77. The molecule has 162 valence electrons. The van der Waals surface area contributed by atoms with Crippen LogP contribution < -0.4 is 4.74 Å². The zero-order valence-electron chi connectivity index (χ0n) is 16.3. The third-order valence-corrected chi connectivity index (χ3v) is 7.60. The molecule has 0 aliphatic heterocycles. The fourth-order valence-corrected chi connectivity index (χ4v) is 6.07. The zero-order valence-corrected chi connectivity index (χ0v) is 17.1. The average molecular weight is 447 g/mol. The molecule has 11 heteroatoms. The Labute approximate surface area is 176 Å². The highest BCUT2D eigenvalue weighted by molar-refractivity contribution is 7.91. The van der Waals surface area contributed by atoms with Crippen molar-refractivity contribution in [2.24, 2.45) is 5.92 Å². The van der Waals surface area contributed by atoms with Crippen LogP contribution in [0.4, 0.5) is 8.78 Å². The largest absolute Gasteiger partial charge is 0.435 e. The Morgan fingerprint density at radius 3 is 2.94 bits per heavy atom. The number of nitrogens with zero attached hydrogens (tertiary/aromatic N) is 4. The first kappa shape index (κ1) is 19.9. The van der Waals surface area contributed by atoms with Crippen LogP contribution in [0, 0.1) is 5.92 Å². The number of halogens is 2. The summed E-state index contributed by atoms with van der Waals surface area (Å²) in [7, 11) is -3.65. The van der Waals surface area contributed by atoms with E-state index in [1.54, 1.807) is 12.4 Å². The minimum atomic E-state index is -3.65. The lowest BCUT2D eigenvalue weighted by Gasteiger charge is -2.12. The van der Waals surface area contributed by atoms with E-state index >= 15 is 0 Å². The van der Waals surface area contributed by atoms with Gasteiger partial charge in [0.25, 0.3) is 0 Å². The SMILES string of the molecule is O=S(=O)(C[C@H]1CC[C@@H](c2nnc3cnc4[nH]ccc4n23)C1)c1cccc(OC(F)F)c1. The fourth-order valence-electron chi connectivity index (χ4n) is 4.37. The molecule has 4 aromatic rings. The molecule has 0 unspecified atom stereocenters. The highest BCUT2D eigenvalue weighted by atomic mass is 32.2. The molecule has 1 aromatic carbocycles. The lowest BCUT2D eigenvalue weighted by molar-refractivity contribution is -0.0499. The number of hydrogen-bond acceptors (Lipinski definition) is 6. The van der Waals surface area contributed by atoms with Gasteiger partial charge in [-0.15, -0.1) is 10.2 Å². The number of nitrogens with one attached hydrogen (secondary N) is 1. The molecular weight excluding hydrogens is 428 g/mol. The van der Waals surface area contributed by atoms with Crippen LogP contribution in [-0.4, -0.2) is 45.3 Å². The highest BCUT2D eigenvalue weighted by Gasteiger charge is 2.33. The van der Waals surface area contributed by atoms with Crippen molar-refractivity contribution < 1.29 is 21.9 Å². The van der Waals surface area contributed by atoms with Gasteiger partial charge in [-0.1, -0.05) is 6.07 Å². The number of alkyl halides is 2. The van der Waals surface area contributed by atoms with Gasteiger partial charge >= 0.3 is 6.61 Å². The Bertz CT molecular complexity index is 1350. The predicted octanol–water partition coefficient (Wildman–Crippen LogP) is 3.56. The van der Waals surface area contributed by atoms with Gasteiger partial charge in [-0.2, -0.15) is 8.78 Å². The predicted molar refractivity (Wildman–Crippen MR) is 108 cm³/mol. The normalized spacial score (nSPS) is 19.6. The van der Waals surface area contributed by atoms with Crippen LogP contribution in [0.5, 0.6) is 5.75 Å². The number of rotatable bonds is 6. The molecule has 1 N–H and O–H groups in total. The van der Waals surface area contributed by atoms with Crippen molar-refractivity contribution in [3.63, 3.8) is 0 Å². The van der Waals surface area contributed by atoms with Crippen molar-refractivity contribution >= 4 is 26.6 Å². The molecule has 3 aromatic heterocycles. The Balaban J connectivity index is 1.36. The first-order chi connectivity index (χ1) is 14.9. The number of benzene rings is 1. The Hall–Kier alpha value is -3.08. The van der Waals surface area contributed by atoms with E-state index in [0.717, 1.165) is 35.9 Å². The van der Waals surface area contributed by atoms with Gasteiger partial charge in [-0.3, -0.25) is 4.40 Å². The third kappa shape index (κ3) is 3.73. The summed E-state index contributed by atoms with van der Waals surface area (Å²) in [4.78, 5) is 7.37. The van der Waals surface area contributed by atoms with Crippen molar-refractivity contribution in [1.82, 2.24) is 24.6 Å². The zero-order chi connectivity index (χ0) is 21.6. The molecule has 1 aliphatic rings. The summed E-state index contributed by atoms with van der Waals surface area (Å²) >= 11 is 0. The van der Waals surface area contributed by atoms with E-state index in [0.29, 0.717) is 12.1 Å². The Morgan fingerprint density at radius 2 is 2.10 bits per heavy atom. The molecule has 0 bridgehead atoms. The molecule has 1 saturated carbocycles. The summed E-state index contributed by atoms with van der Waals surface area (Å²) in [6.45, 7) is -3.01. The second kappa shape index (κ2) is 7.56. The molecule has 0 spiro atoms. The number of aromatic amines is 1. The number of H-pyrrole nitrogens is 1. The maximum Gasteiger partial charge on any atom is 0.387 e. The summed E-state index contributed by atoms with van der Waals surface area (Å²) in [6.07, 6.45) is 5.64. The number of aromatic nitrogens is 5. The van der Waals surface area contributed by atoms with Crippen molar-refractivity contribution in [3.8, 4) is 5.75 Å². The second-order valence-electron chi connectivity index (χ2n) is 7.73. The standard InChI is InChI=1S/C20H19F2N5O3S/c21-20(22)30-14-2-1-3-15(9-14)31(28,29)11-12-4-5-13(8-12)19-26-25-17-10-24-18-16(27(17)19)6-7-23-18/h1-3,6-7,9-10,12-13,20,23H,4-5,8,11H2/t12-,13+/m0/s1. The van der Waals surface area contributed by atoms with Crippen LogP contribution in [-0.2, 0) is 9.84 Å². The molecule has 0 saturated heterocycles. The Morgan fingerprint density at radius 1 is 1.23 bits per heavy atom.